The molecule has 0 saturated carbocycles. The first-order chi connectivity index (χ1) is 17.4. The topological polar surface area (TPSA) is 52.0 Å². The highest BCUT2D eigenvalue weighted by Gasteiger charge is 2.41. The summed E-state index contributed by atoms with van der Waals surface area (Å²) in [5, 5.41) is 9.30. The van der Waals surface area contributed by atoms with Crippen LogP contribution in [0.4, 0.5) is 5.95 Å². The van der Waals surface area contributed by atoms with Gasteiger partial charge in [-0.05, 0) is 54.8 Å². The van der Waals surface area contributed by atoms with Crippen LogP contribution in [-0.4, -0.2) is 21.0 Å². The van der Waals surface area contributed by atoms with Crippen molar-refractivity contribution in [3.05, 3.63) is 106 Å². The van der Waals surface area contributed by atoms with Crippen LogP contribution in [0.2, 0.25) is 0 Å². The molecule has 0 bridgehead atoms. The van der Waals surface area contributed by atoms with Crippen LogP contribution < -0.4 is 10.1 Å². The van der Waals surface area contributed by atoms with E-state index in [1.165, 1.54) is 16.7 Å². The van der Waals surface area contributed by atoms with Crippen molar-refractivity contribution in [2.24, 2.45) is 0 Å². The van der Waals surface area contributed by atoms with Crippen molar-refractivity contribution in [1.82, 2.24) is 14.8 Å². The number of hydrogen-bond donors (Lipinski definition) is 1. The maximum Gasteiger partial charge on any atom is 0.227 e. The Hall–Kier alpha value is -3.51. The molecule has 182 valence electrons. The molecule has 3 aromatic carbocycles. The standard InChI is InChI=1S/C30H30N4OS/c1-17(2)20-11-13-22(14-12-20)28-25-26(23-16-19(4)8-15-24(23)35-28)31-29-32-30(36-5)33-34(29)27(25)21-9-6-18(3)7-10-21/h6-17,27-28H,1-5H3,(H,31,32,33)/t27-,28+/m0/s1. The summed E-state index contributed by atoms with van der Waals surface area (Å²) in [7, 11) is 0. The summed E-state index contributed by atoms with van der Waals surface area (Å²) in [6, 6.07) is 23.8. The van der Waals surface area contributed by atoms with Gasteiger partial charge in [-0.15, -0.1) is 5.10 Å². The number of nitrogens with one attached hydrogen (secondary N) is 1. The predicted molar refractivity (Wildman–Crippen MR) is 147 cm³/mol. The van der Waals surface area contributed by atoms with Crippen LogP contribution >= 0.6 is 11.8 Å². The van der Waals surface area contributed by atoms with Crippen LogP contribution in [0.5, 0.6) is 5.75 Å². The van der Waals surface area contributed by atoms with Crippen molar-refractivity contribution in [1.29, 1.82) is 0 Å². The maximum absolute atomic E-state index is 6.80. The number of thioether (sulfide) groups is 1. The smallest absolute Gasteiger partial charge is 0.227 e. The van der Waals surface area contributed by atoms with E-state index in [1.54, 1.807) is 11.8 Å². The van der Waals surface area contributed by atoms with Crippen molar-refractivity contribution in [2.75, 3.05) is 11.6 Å². The molecule has 1 aromatic heterocycles. The van der Waals surface area contributed by atoms with Gasteiger partial charge in [0.25, 0.3) is 0 Å². The van der Waals surface area contributed by atoms with E-state index in [-0.39, 0.29) is 12.1 Å². The van der Waals surface area contributed by atoms with E-state index in [9.17, 15) is 0 Å². The van der Waals surface area contributed by atoms with E-state index in [4.69, 9.17) is 14.8 Å². The molecule has 2 aliphatic rings. The van der Waals surface area contributed by atoms with Gasteiger partial charge in [-0.3, -0.25) is 0 Å². The Kier molecular flexibility index (Phi) is 5.64. The van der Waals surface area contributed by atoms with E-state index in [2.05, 4.69) is 99.7 Å². The summed E-state index contributed by atoms with van der Waals surface area (Å²) < 4.78 is 8.82. The molecule has 0 fully saturated rings. The number of rotatable bonds is 4. The van der Waals surface area contributed by atoms with Crippen molar-refractivity contribution < 1.29 is 4.74 Å². The Balaban J connectivity index is 1.60. The minimum Gasteiger partial charge on any atom is -0.480 e. The molecular formula is C30H30N4OS. The van der Waals surface area contributed by atoms with E-state index in [0.29, 0.717) is 5.92 Å². The molecule has 0 radical (unpaired) electrons. The van der Waals surface area contributed by atoms with Crippen LogP contribution in [0.1, 0.15) is 65.3 Å². The molecule has 6 rings (SSSR count). The van der Waals surface area contributed by atoms with Crippen LogP contribution in [0.15, 0.2) is 77.5 Å². The average molecular weight is 495 g/mol. The van der Waals surface area contributed by atoms with Gasteiger partial charge < -0.3 is 10.1 Å². The molecule has 4 aromatic rings. The summed E-state index contributed by atoms with van der Waals surface area (Å²) >= 11 is 1.55. The molecule has 1 N–H and O–H groups in total. The summed E-state index contributed by atoms with van der Waals surface area (Å²) in [6.45, 7) is 8.68. The first kappa shape index (κ1) is 22.9. The predicted octanol–water partition coefficient (Wildman–Crippen LogP) is 7.30. The molecule has 36 heavy (non-hydrogen) atoms. The number of hydrogen-bond acceptors (Lipinski definition) is 5. The second kappa shape index (κ2) is 8.86. The fourth-order valence-corrected chi connectivity index (χ4v) is 5.46. The first-order valence-corrected chi connectivity index (χ1v) is 13.6. The number of anilines is 1. The molecule has 6 heteroatoms. The molecule has 0 unspecified atom stereocenters. The van der Waals surface area contributed by atoms with Gasteiger partial charge in [-0.2, -0.15) is 4.98 Å². The molecule has 0 amide bonds. The number of fused-ring (bicyclic) bond motifs is 3. The molecule has 2 atom stereocenters. The first-order valence-electron chi connectivity index (χ1n) is 12.4. The van der Waals surface area contributed by atoms with Crippen molar-refractivity contribution in [3.63, 3.8) is 0 Å². The van der Waals surface area contributed by atoms with Gasteiger partial charge >= 0.3 is 0 Å². The van der Waals surface area contributed by atoms with Crippen molar-refractivity contribution >= 4 is 23.4 Å². The second-order valence-corrected chi connectivity index (χ2v) is 10.7. The third-order valence-electron chi connectivity index (χ3n) is 7.09. The van der Waals surface area contributed by atoms with E-state index in [0.717, 1.165) is 44.8 Å². The fraction of sp³-hybridized carbons (Fsp3) is 0.267. The van der Waals surface area contributed by atoms with Gasteiger partial charge in [0, 0.05) is 11.1 Å². The van der Waals surface area contributed by atoms with Crippen LogP contribution in [0.3, 0.4) is 0 Å². The zero-order chi connectivity index (χ0) is 25.0. The minimum absolute atomic E-state index is 0.145. The minimum atomic E-state index is -0.259. The largest absolute Gasteiger partial charge is 0.480 e. The zero-order valence-corrected chi connectivity index (χ0v) is 22.1. The van der Waals surface area contributed by atoms with E-state index in [1.807, 2.05) is 10.9 Å². The van der Waals surface area contributed by atoms with Gasteiger partial charge in [-0.25, -0.2) is 4.68 Å². The highest BCUT2D eigenvalue weighted by Crippen LogP contribution is 2.51. The molecule has 2 aliphatic heterocycles. The quantitative estimate of drug-likeness (QED) is 0.302. The van der Waals surface area contributed by atoms with Gasteiger partial charge in [0.2, 0.25) is 11.1 Å². The van der Waals surface area contributed by atoms with Gasteiger partial charge in [0.05, 0.1) is 5.70 Å². The molecule has 3 heterocycles. The highest BCUT2D eigenvalue weighted by molar-refractivity contribution is 7.98. The Morgan fingerprint density at radius 2 is 1.61 bits per heavy atom. The van der Waals surface area contributed by atoms with Gasteiger partial charge in [-0.1, -0.05) is 91.3 Å². The lowest BCUT2D eigenvalue weighted by atomic mass is 9.84. The lowest BCUT2D eigenvalue weighted by Crippen LogP contribution is -2.32. The Morgan fingerprint density at radius 1 is 0.917 bits per heavy atom. The Labute approximate surface area is 216 Å². The maximum atomic E-state index is 6.80. The SMILES string of the molecule is CSc1nc2n(n1)[C@@H](c1ccc(C)cc1)C1=C(N2)c2cc(C)ccc2O[C@@H]1c1ccc(C(C)C)cc1. The van der Waals surface area contributed by atoms with Crippen LogP contribution in [0, 0.1) is 13.8 Å². The van der Waals surface area contributed by atoms with Crippen molar-refractivity contribution in [3.8, 4) is 5.75 Å². The molecule has 5 nitrogen and oxygen atoms in total. The zero-order valence-electron chi connectivity index (χ0n) is 21.2. The Bertz CT molecular complexity index is 1470. The molecule has 0 spiro atoms. The molecule has 0 saturated heterocycles. The number of aromatic nitrogens is 3. The highest BCUT2D eigenvalue weighted by atomic mass is 32.2. The molecule has 0 aliphatic carbocycles. The summed E-state index contributed by atoms with van der Waals surface area (Å²) in [5.41, 5.74) is 9.32. The third-order valence-corrected chi connectivity index (χ3v) is 7.63. The van der Waals surface area contributed by atoms with E-state index >= 15 is 0 Å². The van der Waals surface area contributed by atoms with Crippen LogP contribution in [0.25, 0.3) is 5.70 Å². The summed E-state index contributed by atoms with van der Waals surface area (Å²) in [4.78, 5) is 4.81. The summed E-state index contributed by atoms with van der Waals surface area (Å²) in [6.07, 6.45) is 1.75. The van der Waals surface area contributed by atoms with Gasteiger partial charge in [0.15, 0.2) is 0 Å². The number of aryl methyl sites for hydroxylation is 2. The third kappa shape index (κ3) is 3.80. The monoisotopic (exact) mass is 494 g/mol. The number of nitrogens with zero attached hydrogens (tertiary/aromatic N) is 3. The molecular weight excluding hydrogens is 464 g/mol. The van der Waals surface area contributed by atoms with Gasteiger partial charge in [0.1, 0.15) is 17.9 Å². The lowest BCUT2D eigenvalue weighted by molar-refractivity contribution is 0.223. The summed E-state index contributed by atoms with van der Waals surface area (Å²) in [5.74, 6) is 2.11. The van der Waals surface area contributed by atoms with E-state index < -0.39 is 0 Å². The second-order valence-electron chi connectivity index (χ2n) is 9.95. The number of benzene rings is 3. The normalized spacial score (nSPS) is 18.3. The van der Waals surface area contributed by atoms with Crippen LogP contribution in [-0.2, 0) is 0 Å². The Morgan fingerprint density at radius 3 is 2.31 bits per heavy atom. The fourth-order valence-electron chi connectivity index (χ4n) is 5.11. The number of ether oxygens (including phenoxy) is 1. The average Bonchev–Trinajstić information content (AvgIpc) is 3.31. The van der Waals surface area contributed by atoms with Crippen molar-refractivity contribution in [2.45, 2.75) is 50.9 Å². The lowest BCUT2D eigenvalue weighted by Gasteiger charge is -2.39.